The molecule has 0 radical (unpaired) electrons. The van der Waals surface area contributed by atoms with E-state index in [1.165, 1.54) is 0 Å². The molecule has 24 heavy (non-hydrogen) atoms. The summed E-state index contributed by atoms with van der Waals surface area (Å²) in [4.78, 5) is 4.53. The van der Waals surface area contributed by atoms with Gasteiger partial charge in [-0.05, 0) is 13.3 Å². The van der Waals surface area contributed by atoms with Gasteiger partial charge in [-0.3, -0.25) is 4.68 Å². The lowest BCUT2D eigenvalue weighted by atomic mass is 10.4. The number of ether oxygens (including phenoxy) is 2. The molecule has 0 amide bonds. The Hall–Kier alpha value is -0.870. The van der Waals surface area contributed by atoms with Crippen LogP contribution in [0.4, 0.5) is 0 Å². The Bertz CT molecular complexity index is 440. The molecule has 0 unspecified atom stereocenters. The lowest BCUT2D eigenvalue weighted by Crippen LogP contribution is -2.39. The summed E-state index contributed by atoms with van der Waals surface area (Å²) in [5, 5.41) is 10.6. The van der Waals surface area contributed by atoms with Gasteiger partial charge < -0.3 is 20.1 Å². The van der Waals surface area contributed by atoms with E-state index in [0.717, 1.165) is 37.5 Å². The fraction of sp³-hybridized carbons (Fsp3) is 0.750. The summed E-state index contributed by atoms with van der Waals surface area (Å²) in [5.41, 5.74) is 1.09. The van der Waals surface area contributed by atoms with E-state index in [9.17, 15) is 0 Å². The molecule has 0 aliphatic rings. The summed E-state index contributed by atoms with van der Waals surface area (Å²) in [7, 11) is 1.90. The third-order valence-electron chi connectivity index (χ3n) is 3.08. The Morgan fingerprint density at radius 1 is 1.17 bits per heavy atom. The quantitative estimate of drug-likeness (QED) is 0.219. The molecule has 0 fully saturated rings. The predicted molar refractivity (Wildman–Crippen MR) is 108 cm³/mol. The van der Waals surface area contributed by atoms with Crippen molar-refractivity contribution in [2.24, 2.45) is 12.0 Å². The standard InChI is InChI=1S/C16H31N5O2.HI/c1-4-6-8-22-10-11-23-9-7-18-16(17-5-2)19-12-15-13-20-21(3)14-15;/h13-14H,4-12H2,1-3H3,(H2,17,18,19);1H. The molecule has 0 aliphatic heterocycles. The minimum absolute atomic E-state index is 0. The molecule has 0 bridgehead atoms. The number of aliphatic imine (C=N–C) groups is 1. The first-order chi connectivity index (χ1) is 11.3. The van der Waals surface area contributed by atoms with E-state index >= 15 is 0 Å². The maximum absolute atomic E-state index is 5.52. The monoisotopic (exact) mass is 453 g/mol. The molecule has 0 spiro atoms. The number of aromatic nitrogens is 2. The minimum Gasteiger partial charge on any atom is -0.379 e. The van der Waals surface area contributed by atoms with Crippen molar-refractivity contribution in [3.63, 3.8) is 0 Å². The molecule has 1 heterocycles. The van der Waals surface area contributed by atoms with Crippen molar-refractivity contribution >= 4 is 29.9 Å². The number of hydrogen-bond donors (Lipinski definition) is 2. The highest BCUT2D eigenvalue weighted by atomic mass is 127. The van der Waals surface area contributed by atoms with E-state index in [2.05, 4.69) is 27.6 Å². The van der Waals surface area contributed by atoms with Crippen LogP contribution in [0.2, 0.25) is 0 Å². The third kappa shape index (κ3) is 11.6. The van der Waals surface area contributed by atoms with Gasteiger partial charge in [0.15, 0.2) is 5.96 Å². The number of rotatable bonds is 12. The van der Waals surface area contributed by atoms with Crippen molar-refractivity contribution in [3.05, 3.63) is 18.0 Å². The topological polar surface area (TPSA) is 72.7 Å². The fourth-order valence-corrected chi connectivity index (χ4v) is 1.88. The van der Waals surface area contributed by atoms with Crippen LogP contribution in [0, 0.1) is 0 Å². The van der Waals surface area contributed by atoms with E-state index in [0.29, 0.717) is 32.9 Å². The second-order valence-electron chi connectivity index (χ2n) is 5.22. The van der Waals surface area contributed by atoms with Gasteiger partial charge in [0.1, 0.15) is 0 Å². The Kier molecular flexibility index (Phi) is 15.1. The second kappa shape index (κ2) is 15.6. The Morgan fingerprint density at radius 3 is 2.54 bits per heavy atom. The van der Waals surface area contributed by atoms with Crippen LogP contribution >= 0.6 is 24.0 Å². The first kappa shape index (κ1) is 23.1. The fourth-order valence-electron chi connectivity index (χ4n) is 1.88. The van der Waals surface area contributed by atoms with E-state index in [4.69, 9.17) is 9.47 Å². The van der Waals surface area contributed by atoms with E-state index in [1.807, 2.05) is 26.4 Å². The maximum Gasteiger partial charge on any atom is 0.191 e. The number of nitrogens with one attached hydrogen (secondary N) is 2. The molecule has 0 atom stereocenters. The molecule has 7 nitrogen and oxygen atoms in total. The number of hydrogen-bond acceptors (Lipinski definition) is 4. The van der Waals surface area contributed by atoms with Gasteiger partial charge >= 0.3 is 0 Å². The van der Waals surface area contributed by atoms with Crippen molar-refractivity contribution in [2.45, 2.75) is 33.2 Å². The van der Waals surface area contributed by atoms with E-state index in [1.54, 1.807) is 4.68 Å². The van der Waals surface area contributed by atoms with Crippen LogP contribution in [0.25, 0.3) is 0 Å². The highest BCUT2D eigenvalue weighted by Gasteiger charge is 1.99. The first-order valence-electron chi connectivity index (χ1n) is 8.41. The average molecular weight is 453 g/mol. The largest absolute Gasteiger partial charge is 0.379 e. The number of aryl methyl sites for hydroxylation is 1. The molecule has 8 heteroatoms. The van der Waals surface area contributed by atoms with Crippen molar-refractivity contribution in [3.8, 4) is 0 Å². The summed E-state index contributed by atoms with van der Waals surface area (Å²) in [6, 6.07) is 0. The molecule has 0 saturated heterocycles. The molecule has 0 aliphatic carbocycles. The molecule has 0 saturated carbocycles. The summed E-state index contributed by atoms with van der Waals surface area (Å²) in [5.74, 6) is 0.791. The first-order valence-corrected chi connectivity index (χ1v) is 8.41. The average Bonchev–Trinajstić information content (AvgIpc) is 2.96. The van der Waals surface area contributed by atoms with Crippen LogP contribution < -0.4 is 10.6 Å². The molecule has 1 aromatic rings. The highest BCUT2D eigenvalue weighted by molar-refractivity contribution is 14.0. The summed E-state index contributed by atoms with van der Waals surface area (Å²) < 4.78 is 12.7. The van der Waals surface area contributed by atoms with Gasteiger partial charge in [-0.2, -0.15) is 5.10 Å². The molecule has 140 valence electrons. The smallest absolute Gasteiger partial charge is 0.191 e. The highest BCUT2D eigenvalue weighted by Crippen LogP contribution is 1.97. The van der Waals surface area contributed by atoms with Crippen molar-refractivity contribution < 1.29 is 9.47 Å². The van der Waals surface area contributed by atoms with Gasteiger partial charge in [0.2, 0.25) is 0 Å². The van der Waals surface area contributed by atoms with Crippen molar-refractivity contribution in [1.29, 1.82) is 0 Å². The van der Waals surface area contributed by atoms with Gasteiger partial charge in [-0.15, -0.1) is 24.0 Å². The molecular weight excluding hydrogens is 421 g/mol. The zero-order valence-corrected chi connectivity index (χ0v) is 17.4. The molecule has 0 aromatic carbocycles. The van der Waals surface area contributed by atoms with Gasteiger partial charge in [0, 0.05) is 38.5 Å². The van der Waals surface area contributed by atoms with Crippen LogP contribution in [-0.4, -0.2) is 55.3 Å². The minimum atomic E-state index is 0. The van der Waals surface area contributed by atoms with Crippen LogP contribution in [0.1, 0.15) is 32.3 Å². The van der Waals surface area contributed by atoms with E-state index < -0.39 is 0 Å². The van der Waals surface area contributed by atoms with Crippen molar-refractivity contribution in [1.82, 2.24) is 20.4 Å². The lowest BCUT2D eigenvalue weighted by Gasteiger charge is -2.11. The SMILES string of the molecule is CCCCOCCOCCNC(=NCc1cnn(C)c1)NCC.I. The molecule has 1 rings (SSSR count). The van der Waals surface area contributed by atoms with Gasteiger partial charge in [0.25, 0.3) is 0 Å². The van der Waals surface area contributed by atoms with Crippen LogP contribution in [-0.2, 0) is 23.1 Å². The molecular formula is C16H32IN5O2. The number of nitrogens with zero attached hydrogens (tertiary/aromatic N) is 3. The Morgan fingerprint density at radius 2 is 1.92 bits per heavy atom. The summed E-state index contributed by atoms with van der Waals surface area (Å²) in [6.07, 6.45) is 6.07. The number of guanidine groups is 1. The summed E-state index contributed by atoms with van der Waals surface area (Å²) in [6.45, 7) is 9.10. The lowest BCUT2D eigenvalue weighted by molar-refractivity contribution is 0.0487. The number of halogens is 1. The predicted octanol–water partition coefficient (Wildman–Crippen LogP) is 1.93. The Labute approximate surface area is 162 Å². The molecule has 2 N–H and O–H groups in total. The molecule has 1 aromatic heterocycles. The van der Waals surface area contributed by atoms with Crippen LogP contribution in [0.15, 0.2) is 17.4 Å². The number of unbranched alkanes of at least 4 members (excludes halogenated alkanes) is 1. The summed E-state index contributed by atoms with van der Waals surface area (Å²) >= 11 is 0. The van der Waals surface area contributed by atoms with Gasteiger partial charge in [-0.1, -0.05) is 13.3 Å². The van der Waals surface area contributed by atoms with Crippen molar-refractivity contribution in [2.75, 3.05) is 39.5 Å². The maximum atomic E-state index is 5.52. The van der Waals surface area contributed by atoms with E-state index in [-0.39, 0.29) is 24.0 Å². The zero-order valence-electron chi connectivity index (χ0n) is 15.1. The second-order valence-corrected chi connectivity index (χ2v) is 5.22. The Balaban J connectivity index is 0.00000529. The zero-order chi connectivity index (χ0) is 16.8. The third-order valence-corrected chi connectivity index (χ3v) is 3.08. The van der Waals surface area contributed by atoms with Gasteiger partial charge in [0.05, 0.1) is 32.6 Å². The van der Waals surface area contributed by atoms with Crippen LogP contribution in [0.5, 0.6) is 0 Å². The normalized spacial score (nSPS) is 11.2. The van der Waals surface area contributed by atoms with Crippen LogP contribution in [0.3, 0.4) is 0 Å². The van der Waals surface area contributed by atoms with Gasteiger partial charge in [-0.25, -0.2) is 4.99 Å².